The fourth-order valence-corrected chi connectivity index (χ4v) is 4.44. The fraction of sp³-hybridized carbons (Fsp3) is 0.588. The lowest BCUT2D eigenvalue weighted by Crippen LogP contribution is -2.41. The normalized spacial score (nSPS) is 12.7. The molecule has 0 fully saturated rings. The van der Waals surface area contributed by atoms with Crippen LogP contribution in [0.4, 0.5) is 8.78 Å². The van der Waals surface area contributed by atoms with Crippen LogP contribution >= 0.6 is 23.1 Å². The largest absolute Gasteiger partial charge is 0.383 e. The summed E-state index contributed by atoms with van der Waals surface area (Å²) >= 11 is 2.71. The van der Waals surface area contributed by atoms with Gasteiger partial charge in [0.25, 0.3) is 12.0 Å². The van der Waals surface area contributed by atoms with Crippen molar-refractivity contribution in [3.63, 3.8) is 0 Å². The molecule has 2 aromatic heterocycles. The van der Waals surface area contributed by atoms with Gasteiger partial charge in [-0.25, -0.2) is 13.8 Å². The molecule has 2 aromatic rings. The molecule has 10 heteroatoms. The zero-order valence-corrected chi connectivity index (χ0v) is 17.3. The summed E-state index contributed by atoms with van der Waals surface area (Å²) in [5.41, 5.74) is 0.725. The first-order valence-corrected chi connectivity index (χ1v) is 10.3. The highest BCUT2D eigenvalue weighted by atomic mass is 32.2. The van der Waals surface area contributed by atoms with E-state index in [1.165, 1.54) is 30.2 Å². The van der Waals surface area contributed by atoms with E-state index in [4.69, 9.17) is 4.74 Å². The molecule has 1 N–H and O–H groups in total. The number of thioether (sulfide) groups is 1. The van der Waals surface area contributed by atoms with Crippen molar-refractivity contribution in [1.82, 2.24) is 14.9 Å². The van der Waals surface area contributed by atoms with E-state index in [9.17, 15) is 18.4 Å². The highest BCUT2D eigenvalue weighted by Gasteiger charge is 2.24. The molecule has 0 radical (unpaired) electrons. The van der Waals surface area contributed by atoms with Gasteiger partial charge >= 0.3 is 0 Å². The smallest absolute Gasteiger partial charge is 0.259 e. The number of ether oxygens (including phenoxy) is 1. The number of methoxy groups -OCH3 is 1. The first kappa shape index (κ1) is 21.8. The summed E-state index contributed by atoms with van der Waals surface area (Å²) in [4.78, 5) is 34.8. The minimum Gasteiger partial charge on any atom is -0.383 e. The molecule has 0 saturated heterocycles. The van der Waals surface area contributed by atoms with Crippen LogP contribution in [0.2, 0.25) is 0 Å². The van der Waals surface area contributed by atoms with Gasteiger partial charge in [-0.05, 0) is 26.3 Å². The van der Waals surface area contributed by atoms with E-state index in [0.29, 0.717) is 21.8 Å². The maximum Gasteiger partial charge on any atom is 0.259 e. The van der Waals surface area contributed by atoms with Crippen LogP contribution < -0.4 is 5.56 Å². The van der Waals surface area contributed by atoms with Crippen LogP contribution in [0.15, 0.2) is 4.79 Å². The van der Waals surface area contributed by atoms with Crippen molar-refractivity contribution in [1.29, 1.82) is 0 Å². The van der Waals surface area contributed by atoms with Crippen LogP contribution in [-0.2, 0) is 15.3 Å². The molecule has 6 nitrogen and oxygen atoms in total. The standard InChI is InChI=1S/C17H23F2N3O3S2/c1-9-10(2)27-16-14(9)15(23)20-13(21-16)8-26-11(3)17(24)22(5-6-25-4)7-12(18)19/h11-12H,5-8H2,1-4H3,(H,20,21,23). The van der Waals surface area contributed by atoms with Gasteiger partial charge < -0.3 is 14.6 Å². The van der Waals surface area contributed by atoms with Gasteiger partial charge in [0.1, 0.15) is 10.7 Å². The molecule has 0 spiro atoms. The second kappa shape index (κ2) is 9.61. The maximum atomic E-state index is 12.7. The number of aryl methyl sites for hydroxylation is 2. The lowest BCUT2D eigenvalue weighted by atomic mass is 10.2. The highest BCUT2D eigenvalue weighted by Crippen LogP contribution is 2.26. The fourth-order valence-electron chi connectivity index (χ4n) is 2.56. The number of halogens is 2. The van der Waals surface area contributed by atoms with Gasteiger partial charge in [-0.2, -0.15) is 0 Å². The van der Waals surface area contributed by atoms with E-state index in [0.717, 1.165) is 15.3 Å². The minimum absolute atomic E-state index is 0.110. The number of carbonyl (C=O) groups excluding carboxylic acids is 1. The van der Waals surface area contributed by atoms with Crippen LogP contribution in [-0.4, -0.2) is 59.3 Å². The van der Waals surface area contributed by atoms with Gasteiger partial charge in [-0.1, -0.05) is 0 Å². The summed E-state index contributed by atoms with van der Waals surface area (Å²) in [7, 11) is 1.45. The third-order valence-electron chi connectivity index (χ3n) is 4.14. The molecule has 0 aliphatic carbocycles. The zero-order chi connectivity index (χ0) is 20.1. The molecule has 150 valence electrons. The van der Waals surface area contributed by atoms with Crippen LogP contribution in [0.25, 0.3) is 10.2 Å². The predicted molar refractivity (Wildman–Crippen MR) is 105 cm³/mol. The molecule has 0 aromatic carbocycles. The number of aromatic amines is 1. The summed E-state index contributed by atoms with van der Waals surface area (Å²) in [6.07, 6.45) is -2.60. The van der Waals surface area contributed by atoms with Crippen LogP contribution in [0.3, 0.4) is 0 Å². The highest BCUT2D eigenvalue weighted by molar-refractivity contribution is 7.99. The van der Waals surface area contributed by atoms with Crippen molar-refractivity contribution in [3.8, 4) is 0 Å². The summed E-state index contributed by atoms with van der Waals surface area (Å²) in [5, 5.41) is 0.0477. The Morgan fingerprint density at radius 2 is 2.11 bits per heavy atom. The van der Waals surface area contributed by atoms with Gasteiger partial charge in [0.05, 0.1) is 29.5 Å². The van der Waals surface area contributed by atoms with Crippen molar-refractivity contribution >= 4 is 39.2 Å². The molecule has 0 aliphatic heterocycles. The van der Waals surface area contributed by atoms with Crippen molar-refractivity contribution in [2.45, 2.75) is 38.2 Å². The third-order valence-corrected chi connectivity index (χ3v) is 6.38. The topological polar surface area (TPSA) is 75.3 Å². The van der Waals surface area contributed by atoms with Crippen molar-refractivity contribution in [2.24, 2.45) is 0 Å². The van der Waals surface area contributed by atoms with Crippen LogP contribution in [0.1, 0.15) is 23.2 Å². The Morgan fingerprint density at radius 1 is 1.41 bits per heavy atom. The second-order valence-electron chi connectivity index (χ2n) is 6.10. The molecule has 0 aliphatic rings. The van der Waals surface area contributed by atoms with Gasteiger partial charge in [-0.3, -0.25) is 9.59 Å². The van der Waals surface area contributed by atoms with Gasteiger partial charge in [0, 0.05) is 18.5 Å². The average Bonchev–Trinajstić information content (AvgIpc) is 2.90. The number of nitrogens with zero attached hydrogens (tertiary/aromatic N) is 2. The summed E-state index contributed by atoms with van der Waals surface area (Å²) in [6, 6.07) is 0. The minimum atomic E-state index is -2.60. The number of carbonyl (C=O) groups is 1. The molecular formula is C17H23F2N3O3S2. The van der Waals surface area contributed by atoms with E-state index in [2.05, 4.69) is 9.97 Å². The van der Waals surface area contributed by atoms with E-state index < -0.39 is 18.2 Å². The number of aromatic nitrogens is 2. The molecule has 0 saturated carbocycles. The number of thiophene rings is 1. The number of nitrogens with one attached hydrogen (secondary N) is 1. The predicted octanol–water partition coefficient (Wildman–Crippen LogP) is 2.96. The molecule has 1 atom stereocenters. The number of hydrogen-bond donors (Lipinski definition) is 1. The molecule has 2 rings (SSSR count). The number of H-pyrrole nitrogens is 1. The number of alkyl halides is 2. The number of hydrogen-bond acceptors (Lipinski definition) is 6. The first-order chi connectivity index (χ1) is 12.7. The number of fused-ring (bicyclic) bond motifs is 1. The average molecular weight is 420 g/mol. The molecule has 2 heterocycles. The van der Waals surface area contributed by atoms with Gasteiger partial charge in [-0.15, -0.1) is 23.1 Å². The number of rotatable bonds is 9. The van der Waals surface area contributed by atoms with E-state index in [-0.39, 0.29) is 24.6 Å². The maximum absolute atomic E-state index is 12.7. The summed E-state index contributed by atoms with van der Waals surface area (Å²) in [6.45, 7) is 5.17. The zero-order valence-electron chi connectivity index (χ0n) is 15.7. The SMILES string of the molecule is COCCN(CC(F)F)C(=O)C(C)SCc1nc2sc(C)c(C)c2c(=O)[nH]1. The Morgan fingerprint density at radius 3 is 2.74 bits per heavy atom. The van der Waals surface area contributed by atoms with Crippen molar-refractivity contribution in [2.75, 3.05) is 26.8 Å². The molecule has 0 bridgehead atoms. The van der Waals surface area contributed by atoms with E-state index >= 15 is 0 Å². The van der Waals surface area contributed by atoms with Crippen LogP contribution in [0.5, 0.6) is 0 Å². The number of amides is 1. The Bertz CT molecular complexity index is 854. The Labute approximate surface area is 164 Å². The first-order valence-electron chi connectivity index (χ1n) is 8.41. The lowest BCUT2D eigenvalue weighted by molar-refractivity contribution is -0.132. The van der Waals surface area contributed by atoms with Gasteiger partial charge in [0.2, 0.25) is 5.91 Å². The Balaban J connectivity index is 2.07. The second-order valence-corrected chi connectivity index (χ2v) is 8.63. The van der Waals surface area contributed by atoms with Crippen molar-refractivity contribution < 1.29 is 18.3 Å². The molecule has 1 unspecified atom stereocenters. The molecular weight excluding hydrogens is 396 g/mol. The lowest BCUT2D eigenvalue weighted by Gasteiger charge is -2.25. The van der Waals surface area contributed by atoms with E-state index in [1.807, 2.05) is 13.8 Å². The molecule has 27 heavy (non-hydrogen) atoms. The van der Waals surface area contributed by atoms with E-state index in [1.54, 1.807) is 6.92 Å². The molecule has 1 amide bonds. The monoisotopic (exact) mass is 419 g/mol. The summed E-state index contributed by atoms with van der Waals surface area (Å²) < 4.78 is 30.3. The third kappa shape index (κ3) is 5.49. The van der Waals surface area contributed by atoms with Crippen molar-refractivity contribution in [3.05, 3.63) is 26.6 Å². The van der Waals surface area contributed by atoms with Gasteiger partial charge in [0.15, 0.2) is 0 Å². The quantitative estimate of drug-likeness (QED) is 0.676. The Hall–Kier alpha value is -1.52. The van der Waals surface area contributed by atoms with Crippen LogP contribution in [0, 0.1) is 13.8 Å². The summed E-state index contributed by atoms with van der Waals surface area (Å²) in [5.74, 6) is 0.389. The Kier molecular flexibility index (Phi) is 7.75.